The zero-order valence-electron chi connectivity index (χ0n) is 13.9. The van der Waals surface area contributed by atoms with Gasteiger partial charge in [-0.1, -0.05) is 31.9 Å². The molecule has 1 fully saturated rings. The SMILES string of the molecule is CCCCCC(=O)NN=C(C)c1cccc(NC(=O)C2CC2)c1. The van der Waals surface area contributed by atoms with Crippen LogP contribution in [0.3, 0.4) is 0 Å². The molecule has 5 heteroatoms. The molecule has 0 saturated heterocycles. The van der Waals surface area contributed by atoms with E-state index in [-0.39, 0.29) is 17.7 Å². The van der Waals surface area contributed by atoms with E-state index in [9.17, 15) is 9.59 Å². The smallest absolute Gasteiger partial charge is 0.240 e. The Kier molecular flexibility index (Phi) is 6.32. The lowest BCUT2D eigenvalue weighted by molar-refractivity contribution is -0.121. The number of hydrazone groups is 1. The molecule has 1 aliphatic carbocycles. The van der Waals surface area contributed by atoms with Gasteiger partial charge in [-0.3, -0.25) is 9.59 Å². The maximum Gasteiger partial charge on any atom is 0.240 e. The van der Waals surface area contributed by atoms with Crippen LogP contribution in [0.25, 0.3) is 0 Å². The van der Waals surface area contributed by atoms with Gasteiger partial charge in [-0.05, 0) is 43.9 Å². The highest BCUT2D eigenvalue weighted by molar-refractivity contribution is 6.01. The first-order valence-corrected chi connectivity index (χ1v) is 8.34. The van der Waals surface area contributed by atoms with Crippen LogP contribution >= 0.6 is 0 Å². The lowest BCUT2D eigenvalue weighted by Gasteiger charge is -2.07. The summed E-state index contributed by atoms with van der Waals surface area (Å²) in [5.41, 5.74) is 4.96. The number of unbranched alkanes of at least 4 members (excludes halogenated alkanes) is 2. The fourth-order valence-electron chi connectivity index (χ4n) is 2.21. The zero-order valence-corrected chi connectivity index (χ0v) is 13.9. The van der Waals surface area contributed by atoms with Crippen molar-refractivity contribution in [1.82, 2.24) is 5.43 Å². The average molecular weight is 315 g/mol. The number of amides is 2. The van der Waals surface area contributed by atoms with Crippen molar-refractivity contribution < 1.29 is 9.59 Å². The highest BCUT2D eigenvalue weighted by atomic mass is 16.2. The minimum absolute atomic E-state index is 0.0593. The van der Waals surface area contributed by atoms with Crippen molar-refractivity contribution >= 4 is 23.2 Å². The third-order valence-electron chi connectivity index (χ3n) is 3.85. The number of anilines is 1. The van der Waals surface area contributed by atoms with E-state index in [1.165, 1.54) is 0 Å². The molecule has 0 aromatic heterocycles. The maximum absolute atomic E-state index is 11.8. The summed E-state index contributed by atoms with van der Waals surface area (Å²) in [5.74, 6) is 0.202. The highest BCUT2D eigenvalue weighted by Gasteiger charge is 2.29. The van der Waals surface area contributed by atoms with Gasteiger partial charge in [0, 0.05) is 18.0 Å². The minimum Gasteiger partial charge on any atom is -0.326 e. The number of nitrogens with one attached hydrogen (secondary N) is 2. The second kappa shape index (κ2) is 8.46. The molecule has 1 saturated carbocycles. The predicted molar refractivity (Wildman–Crippen MR) is 92.3 cm³/mol. The Morgan fingerprint density at radius 3 is 2.74 bits per heavy atom. The van der Waals surface area contributed by atoms with Crippen LogP contribution in [0.2, 0.25) is 0 Å². The van der Waals surface area contributed by atoms with Gasteiger partial charge < -0.3 is 5.32 Å². The number of benzene rings is 1. The van der Waals surface area contributed by atoms with E-state index in [2.05, 4.69) is 22.8 Å². The van der Waals surface area contributed by atoms with Gasteiger partial charge in [0.2, 0.25) is 11.8 Å². The number of carbonyl (C=O) groups is 2. The summed E-state index contributed by atoms with van der Waals surface area (Å²) in [7, 11) is 0. The molecule has 0 heterocycles. The molecule has 2 N–H and O–H groups in total. The van der Waals surface area contributed by atoms with E-state index in [0.717, 1.165) is 49.1 Å². The monoisotopic (exact) mass is 315 g/mol. The molecule has 0 spiro atoms. The molecule has 1 aliphatic rings. The molecular formula is C18H25N3O2. The normalized spacial score (nSPS) is 14.4. The van der Waals surface area contributed by atoms with Gasteiger partial charge in [-0.25, -0.2) is 5.43 Å². The molecule has 1 aromatic carbocycles. The molecule has 0 unspecified atom stereocenters. The van der Waals surface area contributed by atoms with Crippen molar-refractivity contribution in [2.24, 2.45) is 11.0 Å². The highest BCUT2D eigenvalue weighted by Crippen LogP contribution is 2.30. The van der Waals surface area contributed by atoms with Crippen molar-refractivity contribution in [2.45, 2.75) is 52.4 Å². The first-order valence-electron chi connectivity index (χ1n) is 8.34. The largest absolute Gasteiger partial charge is 0.326 e. The Morgan fingerprint density at radius 2 is 2.04 bits per heavy atom. The molecule has 0 bridgehead atoms. The molecule has 0 aliphatic heterocycles. The van der Waals surface area contributed by atoms with Crippen LogP contribution in [0, 0.1) is 5.92 Å². The van der Waals surface area contributed by atoms with Gasteiger partial charge in [0.15, 0.2) is 0 Å². The summed E-state index contributed by atoms with van der Waals surface area (Å²) in [6.07, 6.45) is 5.50. The second-order valence-electron chi connectivity index (χ2n) is 6.03. The van der Waals surface area contributed by atoms with E-state index >= 15 is 0 Å². The number of carbonyl (C=O) groups excluding carboxylic acids is 2. The van der Waals surface area contributed by atoms with Crippen molar-refractivity contribution in [2.75, 3.05) is 5.32 Å². The standard InChI is InChI=1S/C18H25N3O2/c1-3-4-5-9-17(22)21-20-13(2)15-7-6-8-16(12-15)19-18(23)14-10-11-14/h6-8,12,14H,3-5,9-11H2,1-2H3,(H,19,23)(H,21,22). The Balaban J connectivity index is 1.90. The van der Waals surface area contributed by atoms with Crippen LogP contribution in [0.15, 0.2) is 29.4 Å². The maximum atomic E-state index is 11.8. The van der Waals surface area contributed by atoms with E-state index in [1.807, 2.05) is 31.2 Å². The van der Waals surface area contributed by atoms with Gasteiger partial charge in [0.05, 0.1) is 5.71 Å². The quantitative estimate of drug-likeness (QED) is 0.438. The van der Waals surface area contributed by atoms with Crippen LogP contribution in [0.1, 0.15) is 57.9 Å². The van der Waals surface area contributed by atoms with Crippen molar-refractivity contribution in [3.63, 3.8) is 0 Å². The van der Waals surface area contributed by atoms with Crippen LogP contribution in [-0.4, -0.2) is 17.5 Å². The molecule has 124 valence electrons. The predicted octanol–water partition coefficient (Wildman–Crippen LogP) is 3.46. The summed E-state index contributed by atoms with van der Waals surface area (Å²) >= 11 is 0. The van der Waals surface area contributed by atoms with E-state index < -0.39 is 0 Å². The summed E-state index contributed by atoms with van der Waals surface area (Å²) in [6.45, 7) is 3.95. The Hall–Kier alpha value is -2.17. The third-order valence-corrected chi connectivity index (χ3v) is 3.85. The van der Waals surface area contributed by atoms with E-state index in [0.29, 0.717) is 6.42 Å². The second-order valence-corrected chi connectivity index (χ2v) is 6.03. The third kappa shape index (κ3) is 5.85. The van der Waals surface area contributed by atoms with Gasteiger partial charge in [0.25, 0.3) is 0 Å². The Bertz CT molecular complexity index is 592. The summed E-state index contributed by atoms with van der Waals surface area (Å²) < 4.78 is 0. The topological polar surface area (TPSA) is 70.6 Å². The average Bonchev–Trinajstić information content (AvgIpc) is 3.38. The molecule has 5 nitrogen and oxygen atoms in total. The molecule has 23 heavy (non-hydrogen) atoms. The molecule has 0 atom stereocenters. The van der Waals surface area contributed by atoms with E-state index in [4.69, 9.17) is 0 Å². The van der Waals surface area contributed by atoms with Gasteiger partial charge in [-0.15, -0.1) is 0 Å². The molecular weight excluding hydrogens is 290 g/mol. The Morgan fingerprint density at radius 1 is 1.26 bits per heavy atom. The van der Waals surface area contributed by atoms with Crippen molar-refractivity contribution in [3.05, 3.63) is 29.8 Å². The zero-order chi connectivity index (χ0) is 16.7. The lowest BCUT2D eigenvalue weighted by atomic mass is 10.1. The molecule has 2 amide bonds. The van der Waals surface area contributed by atoms with Crippen LogP contribution < -0.4 is 10.7 Å². The van der Waals surface area contributed by atoms with Crippen molar-refractivity contribution in [3.8, 4) is 0 Å². The van der Waals surface area contributed by atoms with Gasteiger partial charge >= 0.3 is 0 Å². The fourth-order valence-corrected chi connectivity index (χ4v) is 2.21. The summed E-state index contributed by atoms with van der Waals surface area (Å²) in [6, 6.07) is 7.53. The molecule has 1 aromatic rings. The first kappa shape index (κ1) is 17.2. The van der Waals surface area contributed by atoms with Gasteiger partial charge in [-0.2, -0.15) is 5.10 Å². The summed E-state index contributed by atoms with van der Waals surface area (Å²) in [4.78, 5) is 23.5. The van der Waals surface area contributed by atoms with Crippen LogP contribution in [0.5, 0.6) is 0 Å². The van der Waals surface area contributed by atoms with Crippen molar-refractivity contribution in [1.29, 1.82) is 0 Å². The number of nitrogens with zero attached hydrogens (tertiary/aromatic N) is 1. The number of hydrogen-bond donors (Lipinski definition) is 2. The number of hydrogen-bond acceptors (Lipinski definition) is 3. The minimum atomic E-state index is -0.0593. The lowest BCUT2D eigenvalue weighted by Crippen LogP contribution is -2.19. The molecule has 0 radical (unpaired) electrons. The summed E-state index contributed by atoms with van der Waals surface area (Å²) in [5, 5.41) is 7.06. The molecule has 2 rings (SSSR count). The Labute approximate surface area is 137 Å². The fraction of sp³-hybridized carbons (Fsp3) is 0.500. The van der Waals surface area contributed by atoms with E-state index in [1.54, 1.807) is 0 Å². The van der Waals surface area contributed by atoms with Crippen LogP contribution in [0.4, 0.5) is 5.69 Å². The number of rotatable bonds is 8. The first-order chi connectivity index (χ1) is 11.1. The van der Waals surface area contributed by atoms with Crippen LogP contribution in [-0.2, 0) is 9.59 Å². The van der Waals surface area contributed by atoms with Gasteiger partial charge in [0.1, 0.15) is 0 Å².